The van der Waals surface area contributed by atoms with Crippen molar-refractivity contribution >= 4 is 17.3 Å². The number of amides is 1. The lowest BCUT2D eigenvalue weighted by Gasteiger charge is -2.36. The maximum Gasteiger partial charge on any atom is 0.295 e. The van der Waals surface area contributed by atoms with Gasteiger partial charge in [0.05, 0.1) is 18.1 Å². The van der Waals surface area contributed by atoms with Crippen LogP contribution in [0.15, 0.2) is 36.4 Å². The minimum Gasteiger partial charge on any atom is -0.494 e. The van der Waals surface area contributed by atoms with Crippen molar-refractivity contribution in [3.8, 4) is 5.75 Å². The zero-order valence-electron chi connectivity index (χ0n) is 15.1. The predicted octanol–water partition coefficient (Wildman–Crippen LogP) is 3.01. The molecular weight excluding hydrogens is 353 g/mol. The number of aryl methyl sites for hydroxylation is 1. The van der Waals surface area contributed by atoms with Crippen molar-refractivity contribution < 1.29 is 18.8 Å². The normalized spacial score (nSPS) is 14.2. The summed E-state index contributed by atoms with van der Waals surface area (Å²) >= 11 is 0. The lowest BCUT2D eigenvalue weighted by atomic mass is 10.1. The first kappa shape index (κ1) is 18.6. The van der Waals surface area contributed by atoms with Crippen molar-refractivity contribution in [2.45, 2.75) is 6.92 Å². The molecule has 0 atom stereocenters. The molecule has 2 aromatic carbocycles. The maximum atomic E-state index is 13.8. The van der Waals surface area contributed by atoms with Gasteiger partial charge in [-0.15, -0.1) is 0 Å². The Balaban J connectivity index is 1.76. The van der Waals surface area contributed by atoms with Crippen LogP contribution in [0.4, 0.5) is 15.8 Å². The number of rotatable bonds is 4. The molecule has 1 saturated heterocycles. The van der Waals surface area contributed by atoms with Crippen molar-refractivity contribution in [2.75, 3.05) is 38.2 Å². The monoisotopic (exact) mass is 373 g/mol. The molecule has 0 aromatic heterocycles. The molecule has 7 nitrogen and oxygen atoms in total. The fourth-order valence-electron chi connectivity index (χ4n) is 3.12. The third kappa shape index (κ3) is 3.84. The Hall–Kier alpha value is -3.16. The maximum absolute atomic E-state index is 13.8. The van der Waals surface area contributed by atoms with Gasteiger partial charge < -0.3 is 14.5 Å². The highest BCUT2D eigenvalue weighted by Gasteiger charge is 2.28. The van der Waals surface area contributed by atoms with Crippen LogP contribution in [-0.2, 0) is 0 Å². The summed E-state index contributed by atoms with van der Waals surface area (Å²) in [4.78, 5) is 26.8. The highest BCUT2D eigenvalue weighted by molar-refractivity contribution is 5.94. The van der Waals surface area contributed by atoms with Gasteiger partial charge in [-0.3, -0.25) is 14.9 Å². The smallest absolute Gasteiger partial charge is 0.295 e. The van der Waals surface area contributed by atoms with Crippen LogP contribution in [0.3, 0.4) is 0 Å². The quantitative estimate of drug-likeness (QED) is 0.608. The molecule has 0 radical (unpaired) electrons. The molecule has 3 rings (SSSR count). The average Bonchev–Trinajstić information content (AvgIpc) is 2.68. The molecule has 0 unspecified atom stereocenters. The van der Waals surface area contributed by atoms with Crippen LogP contribution in [0, 0.1) is 22.9 Å². The highest BCUT2D eigenvalue weighted by Crippen LogP contribution is 2.35. The van der Waals surface area contributed by atoms with Gasteiger partial charge in [-0.1, -0.05) is 17.7 Å². The third-order valence-electron chi connectivity index (χ3n) is 4.65. The molecule has 0 bridgehead atoms. The van der Waals surface area contributed by atoms with Crippen molar-refractivity contribution in [1.29, 1.82) is 0 Å². The Labute approximate surface area is 156 Å². The first-order valence-electron chi connectivity index (χ1n) is 8.53. The van der Waals surface area contributed by atoms with Gasteiger partial charge in [0.15, 0.2) is 11.6 Å². The molecule has 1 fully saturated rings. The average molecular weight is 373 g/mol. The number of nitrogens with zero attached hydrogens (tertiary/aromatic N) is 3. The van der Waals surface area contributed by atoms with Crippen molar-refractivity contribution in [3.05, 3.63) is 63.5 Å². The Kier molecular flexibility index (Phi) is 5.25. The first-order valence-corrected chi connectivity index (χ1v) is 8.53. The number of ether oxygens (including phenoxy) is 1. The molecule has 1 amide bonds. The van der Waals surface area contributed by atoms with Gasteiger partial charge in [0.25, 0.3) is 11.6 Å². The summed E-state index contributed by atoms with van der Waals surface area (Å²) in [5, 5.41) is 11.3. The minimum atomic E-state index is -0.777. The van der Waals surface area contributed by atoms with Gasteiger partial charge in [-0.2, -0.15) is 0 Å². The van der Waals surface area contributed by atoms with Crippen LogP contribution in [-0.4, -0.2) is 49.0 Å². The number of methoxy groups -OCH3 is 1. The molecule has 27 heavy (non-hydrogen) atoms. The Morgan fingerprint density at radius 3 is 2.33 bits per heavy atom. The highest BCUT2D eigenvalue weighted by atomic mass is 19.1. The number of halogens is 1. The van der Waals surface area contributed by atoms with Gasteiger partial charge in [0.1, 0.15) is 5.69 Å². The van der Waals surface area contributed by atoms with E-state index in [1.165, 1.54) is 13.2 Å². The van der Waals surface area contributed by atoms with Gasteiger partial charge >= 0.3 is 0 Å². The fourth-order valence-corrected chi connectivity index (χ4v) is 3.12. The Morgan fingerprint density at radius 2 is 1.78 bits per heavy atom. The Bertz CT molecular complexity index is 862. The summed E-state index contributed by atoms with van der Waals surface area (Å²) in [6, 6.07) is 9.57. The number of anilines is 1. The topological polar surface area (TPSA) is 75.9 Å². The second-order valence-corrected chi connectivity index (χ2v) is 6.38. The van der Waals surface area contributed by atoms with Crippen LogP contribution in [0.25, 0.3) is 0 Å². The number of nitro benzene ring substituents is 1. The predicted molar refractivity (Wildman–Crippen MR) is 98.9 cm³/mol. The van der Waals surface area contributed by atoms with E-state index in [4.69, 9.17) is 4.74 Å². The van der Waals surface area contributed by atoms with Crippen molar-refractivity contribution in [3.63, 3.8) is 0 Å². The van der Waals surface area contributed by atoms with Crippen molar-refractivity contribution in [2.24, 2.45) is 0 Å². The molecule has 1 aliphatic heterocycles. The third-order valence-corrected chi connectivity index (χ3v) is 4.65. The number of carbonyl (C=O) groups is 1. The van der Waals surface area contributed by atoms with E-state index in [0.29, 0.717) is 37.4 Å². The number of carbonyl (C=O) groups excluding carboxylic acids is 1. The van der Waals surface area contributed by atoms with Gasteiger partial charge in [0, 0.05) is 37.8 Å². The first-order chi connectivity index (χ1) is 12.9. The van der Waals surface area contributed by atoms with E-state index in [1.807, 2.05) is 19.1 Å². The van der Waals surface area contributed by atoms with Crippen LogP contribution in [0.5, 0.6) is 5.75 Å². The molecule has 2 aromatic rings. The SMILES string of the molecule is COc1cc(N2CCN(C(=O)c3ccc(C)cc3)CC2)c([N+](=O)[O-])cc1F. The summed E-state index contributed by atoms with van der Waals surface area (Å²) in [6.45, 7) is 3.62. The lowest BCUT2D eigenvalue weighted by Crippen LogP contribution is -2.49. The Morgan fingerprint density at radius 1 is 1.15 bits per heavy atom. The van der Waals surface area contributed by atoms with E-state index < -0.39 is 10.7 Å². The second-order valence-electron chi connectivity index (χ2n) is 6.38. The van der Waals surface area contributed by atoms with Crippen LogP contribution < -0.4 is 9.64 Å². The minimum absolute atomic E-state index is 0.0474. The largest absolute Gasteiger partial charge is 0.494 e. The fraction of sp³-hybridized carbons (Fsp3) is 0.316. The van der Waals surface area contributed by atoms with E-state index in [0.717, 1.165) is 11.6 Å². The zero-order valence-corrected chi connectivity index (χ0v) is 15.1. The van der Waals surface area contributed by atoms with E-state index in [9.17, 15) is 19.3 Å². The lowest BCUT2D eigenvalue weighted by molar-refractivity contribution is -0.384. The van der Waals surface area contributed by atoms with Crippen molar-refractivity contribution in [1.82, 2.24) is 4.90 Å². The van der Waals surface area contributed by atoms with Crippen LogP contribution in [0.1, 0.15) is 15.9 Å². The number of nitro groups is 1. The standard InChI is InChI=1S/C19H20FN3O4/c1-13-3-5-14(6-4-13)19(24)22-9-7-21(8-10-22)16-12-18(27-2)15(20)11-17(16)23(25)26/h3-6,11-12H,7-10H2,1-2H3. The van der Waals surface area contributed by atoms with E-state index >= 15 is 0 Å². The number of piperazine rings is 1. The summed E-state index contributed by atoms with van der Waals surface area (Å²) in [6.07, 6.45) is 0. The van der Waals surface area contributed by atoms with E-state index in [2.05, 4.69) is 0 Å². The molecule has 0 saturated carbocycles. The molecule has 1 heterocycles. The van der Waals surface area contributed by atoms with E-state index in [-0.39, 0.29) is 17.3 Å². The number of hydrogen-bond acceptors (Lipinski definition) is 5. The van der Waals surface area contributed by atoms with E-state index in [1.54, 1.807) is 21.9 Å². The molecule has 0 aliphatic carbocycles. The van der Waals surface area contributed by atoms with Crippen LogP contribution in [0.2, 0.25) is 0 Å². The van der Waals surface area contributed by atoms with Crippen LogP contribution >= 0.6 is 0 Å². The van der Waals surface area contributed by atoms with Gasteiger partial charge in [0.2, 0.25) is 0 Å². The second kappa shape index (κ2) is 7.61. The number of hydrogen-bond donors (Lipinski definition) is 0. The molecular formula is C19H20FN3O4. The summed E-state index contributed by atoms with van der Waals surface area (Å²) in [5.41, 5.74) is 1.67. The summed E-state index contributed by atoms with van der Waals surface area (Å²) in [5.74, 6) is -0.893. The zero-order chi connectivity index (χ0) is 19.6. The molecule has 8 heteroatoms. The molecule has 1 aliphatic rings. The number of benzene rings is 2. The van der Waals surface area contributed by atoms with Gasteiger partial charge in [-0.25, -0.2) is 4.39 Å². The molecule has 0 spiro atoms. The molecule has 0 N–H and O–H groups in total. The van der Waals surface area contributed by atoms with Gasteiger partial charge in [-0.05, 0) is 19.1 Å². The summed E-state index contributed by atoms with van der Waals surface area (Å²) in [7, 11) is 1.31. The molecule has 142 valence electrons. The summed E-state index contributed by atoms with van der Waals surface area (Å²) < 4.78 is 18.8.